The number of ether oxygens (including phenoxy) is 2. The van der Waals surface area contributed by atoms with Crippen LogP contribution >= 0.6 is 0 Å². The zero-order valence-corrected chi connectivity index (χ0v) is 10.6. The number of carbonyl (C=O) groups excluding carboxylic acids is 1. The summed E-state index contributed by atoms with van der Waals surface area (Å²) >= 11 is 0. The first kappa shape index (κ1) is 12.8. The van der Waals surface area contributed by atoms with E-state index in [1.165, 1.54) is 0 Å². The minimum Gasteiger partial charge on any atom is -0.368 e. The molecule has 1 aliphatic heterocycles. The van der Waals surface area contributed by atoms with Crippen LogP contribution in [0, 0.1) is 0 Å². The van der Waals surface area contributed by atoms with Crippen LogP contribution in [0.4, 0.5) is 0 Å². The molecule has 3 N–H and O–H groups in total. The van der Waals surface area contributed by atoms with Crippen molar-refractivity contribution in [1.29, 1.82) is 0 Å². The Balaban J connectivity index is 2.04. The minimum absolute atomic E-state index is 0.238. The maximum atomic E-state index is 11.7. The molecule has 1 amide bonds. The van der Waals surface area contributed by atoms with E-state index in [1.807, 2.05) is 13.8 Å². The van der Waals surface area contributed by atoms with E-state index in [2.05, 4.69) is 5.32 Å². The van der Waals surface area contributed by atoms with E-state index in [9.17, 15) is 4.79 Å². The molecule has 2 aliphatic rings. The van der Waals surface area contributed by atoms with Gasteiger partial charge in [-0.05, 0) is 26.7 Å². The van der Waals surface area contributed by atoms with Crippen LogP contribution in [0.2, 0.25) is 0 Å². The van der Waals surface area contributed by atoms with Crippen molar-refractivity contribution in [3.63, 3.8) is 0 Å². The fourth-order valence-electron chi connectivity index (χ4n) is 2.86. The van der Waals surface area contributed by atoms with Crippen molar-refractivity contribution < 1.29 is 14.3 Å². The summed E-state index contributed by atoms with van der Waals surface area (Å²) in [5.41, 5.74) is 4.97. The Morgan fingerprint density at radius 3 is 2.12 bits per heavy atom. The Kier molecular flexibility index (Phi) is 3.43. The van der Waals surface area contributed by atoms with Gasteiger partial charge in [0.15, 0.2) is 5.79 Å². The average molecular weight is 242 g/mol. The van der Waals surface area contributed by atoms with Gasteiger partial charge in [0.25, 0.3) is 0 Å². The summed E-state index contributed by atoms with van der Waals surface area (Å²) in [7, 11) is 0. The highest BCUT2D eigenvalue weighted by molar-refractivity contribution is 5.84. The number of rotatable bonds is 3. The standard InChI is InChI=1S/C12H22N2O3/c1-9(2)14-11(10(13)15)3-5-12(6-4-11)16-7-8-17-12/h9,14H,3-8H2,1-2H3,(H2,13,15). The van der Waals surface area contributed by atoms with Crippen molar-refractivity contribution in [2.45, 2.75) is 56.9 Å². The molecule has 98 valence electrons. The van der Waals surface area contributed by atoms with Gasteiger partial charge < -0.3 is 20.5 Å². The summed E-state index contributed by atoms with van der Waals surface area (Å²) in [5, 5.41) is 3.32. The molecule has 0 aromatic carbocycles. The quantitative estimate of drug-likeness (QED) is 0.757. The molecule has 0 aromatic rings. The Hall–Kier alpha value is -0.650. The third-order valence-corrected chi connectivity index (χ3v) is 3.72. The van der Waals surface area contributed by atoms with Crippen molar-refractivity contribution in [3.8, 4) is 0 Å². The van der Waals surface area contributed by atoms with Gasteiger partial charge in [-0.15, -0.1) is 0 Å². The summed E-state index contributed by atoms with van der Waals surface area (Å²) < 4.78 is 11.3. The molecule has 0 unspecified atom stereocenters. The lowest BCUT2D eigenvalue weighted by molar-refractivity contribution is -0.187. The van der Waals surface area contributed by atoms with Crippen molar-refractivity contribution in [2.75, 3.05) is 13.2 Å². The van der Waals surface area contributed by atoms with Crippen LogP contribution in [0.3, 0.4) is 0 Å². The highest BCUT2D eigenvalue weighted by Gasteiger charge is 2.49. The number of amides is 1. The van der Waals surface area contributed by atoms with Crippen molar-refractivity contribution in [3.05, 3.63) is 0 Å². The molecule has 2 fully saturated rings. The number of nitrogens with one attached hydrogen (secondary N) is 1. The molecular weight excluding hydrogens is 220 g/mol. The normalized spacial score (nSPS) is 26.5. The lowest BCUT2D eigenvalue weighted by Gasteiger charge is -2.43. The summed E-state index contributed by atoms with van der Waals surface area (Å²) in [6.45, 7) is 5.36. The second-order valence-electron chi connectivity index (χ2n) is 5.35. The van der Waals surface area contributed by atoms with Gasteiger partial charge in [-0.3, -0.25) is 4.79 Å². The molecule has 0 aromatic heterocycles. The maximum Gasteiger partial charge on any atom is 0.237 e. The predicted molar refractivity (Wildman–Crippen MR) is 63.3 cm³/mol. The van der Waals surface area contributed by atoms with E-state index in [1.54, 1.807) is 0 Å². The minimum atomic E-state index is -0.589. The maximum absolute atomic E-state index is 11.7. The van der Waals surface area contributed by atoms with E-state index < -0.39 is 11.3 Å². The largest absolute Gasteiger partial charge is 0.368 e. The fraction of sp³-hybridized carbons (Fsp3) is 0.917. The van der Waals surface area contributed by atoms with E-state index in [-0.39, 0.29) is 11.9 Å². The van der Waals surface area contributed by atoms with Gasteiger partial charge in [0, 0.05) is 18.9 Å². The first-order valence-electron chi connectivity index (χ1n) is 6.34. The molecule has 0 radical (unpaired) electrons. The molecule has 1 heterocycles. The van der Waals surface area contributed by atoms with Gasteiger partial charge in [0.1, 0.15) is 0 Å². The lowest BCUT2D eigenvalue weighted by atomic mass is 9.77. The van der Waals surface area contributed by atoms with Crippen LogP contribution in [-0.2, 0) is 14.3 Å². The molecular formula is C12H22N2O3. The monoisotopic (exact) mass is 242 g/mol. The highest BCUT2D eigenvalue weighted by atomic mass is 16.7. The third-order valence-electron chi connectivity index (χ3n) is 3.72. The Morgan fingerprint density at radius 1 is 1.18 bits per heavy atom. The molecule has 1 aliphatic carbocycles. The third kappa shape index (κ3) is 2.46. The van der Waals surface area contributed by atoms with Gasteiger partial charge in [0.05, 0.1) is 18.8 Å². The second-order valence-corrected chi connectivity index (χ2v) is 5.35. The van der Waals surface area contributed by atoms with Crippen molar-refractivity contribution in [1.82, 2.24) is 5.32 Å². The smallest absolute Gasteiger partial charge is 0.237 e. The van der Waals surface area contributed by atoms with Gasteiger partial charge in [-0.25, -0.2) is 0 Å². The first-order valence-corrected chi connectivity index (χ1v) is 6.34. The first-order chi connectivity index (χ1) is 7.98. The summed E-state index contributed by atoms with van der Waals surface area (Å²) in [4.78, 5) is 11.7. The van der Waals surface area contributed by atoms with E-state index >= 15 is 0 Å². The van der Waals surface area contributed by atoms with Gasteiger partial charge in [0.2, 0.25) is 5.91 Å². The van der Waals surface area contributed by atoms with Gasteiger partial charge in [-0.2, -0.15) is 0 Å². The molecule has 1 spiro atoms. The fourth-order valence-corrected chi connectivity index (χ4v) is 2.86. The van der Waals surface area contributed by atoms with E-state index in [4.69, 9.17) is 15.2 Å². The summed E-state index contributed by atoms with van der Waals surface area (Å²) in [5.74, 6) is -0.712. The molecule has 1 saturated carbocycles. The van der Waals surface area contributed by atoms with E-state index in [0.29, 0.717) is 26.1 Å². The van der Waals surface area contributed by atoms with Crippen LogP contribution in [-0.4, -0.2) is 36.5 Å². The topological polar surface area (TPSA) is 73.6 Å². The van der Waals surface area contributed by atoms with Crippen molar-refractivity contribution in [2.24, 2.45) is 5.73 Å². The van der Waals surface area contributed by atoms with E-state index in [0.717, 1.165) is 12.8 Å². The van der Waals surface area contributed by atoms with Crippen LogP contribution in [0.1, 0.15) is 39.5 Å². The molecule has 5 heteroatoms. The zero-order chi connectivity index (χ0) is 12.5. The summed E-state index contributed by atoms with van der Waals surface area (Å²) in [6.07, 6.45) is 2.83. The zero-order valence-electron chi connectivity index (χ0n) is 10.6. The average Bonchev–Trinajstić information content (AvgIpc) is 2.70. The Bertz CT molecular complexity index is 288. The number of carbonyl (C=O) groups is 1. The number of hydrogen-bond donors (Lipinski definition) is 2. The predicted octanol–water partition coefficient (Wildman–Crippen LogP) is 0.526. The van der Waals surface area contributed by atoms with Crippen LogP contribution in [0.25, 0.3) is 0 Å². The van der Waals surface area contributed by atoms with Gasteiger partial charge >= 0.3 is 0 Å². The highest BCUT2D eigenvalue weighted by Crippen LogP contribution is 2.40. The SMILES string of the molecule is CC(C)NC1(C(N)=O)CCC2(CC1)OCCO2. The lowest BCUT2D eigenvalue weighted by Crippen LogP contribution is -2.61. The van der Waals surface area contributed by atoms with Crippen molar-refractivity contribution >= 4 is 5.91 Å². The molecule has 2 rings (SSSR count). The van der Waals surface area contributed by atoms with Crippen LogP contribution in [0.15, 0.2) is 0 Å². The second kappa shape index (κ2) is 4.55. The number of nitrogens with two attached hydrogens (primary N) is 1. The number of primary amides is 1. The van der Waals surface area contributed by atoms with Gasteiger partial charge in [-0.1, -0.05) is 0 Å². The van der Waals surface area contributed by atoms with Crippen LogP contribution in [0.5, 0.6) is 0 Å². The molecule has 0 bridgehead atoms. The molecule has 1 saturated heterocycles. The molecule has 0 atom stereocenters. The number of hydrogen-bond acceptors (Lipinski definition) is 4. The van der Waals surface area contributed by atoms with Crippen LogP contribution < -0.4 is 11.1 Å². The molecule has 5 nitrogen and oxygen atoms in total. The summed E-state index contributed by atoms with van der Waals surface area (Å²) in [6, 6.07) is 0.238. The molecule has 17 heavy (non-hydrogen) atoms. The Labute approximate surface area is 102 Å². The Morgan fingerprint density at radius 2 is 1.71 bits per heavy atom.